The van der Waals surface area contributed by atoms with Crippen molar-refractivity contribution in [1.82, 2.24) is 5.32 Å². The summed E-state index contributed by atoms with van der Waals surface area (Å²) >= 11 is 0. The van der Waals surface area contributed by atoms with E-state index in [-0.39, 0.29) is 24.5 Å². The van der Waals surface area contributed by atoms with Gasteiger partial charge in [-0.25, -0.2) is 0 Å². The molecule has 1 aromatic carbocycles. The van der Waals surface area contributed by atoms with Crippen molar-refractivity contribution in [2.24, 2.45) is 0 Å². The molecule has 114 valence electrons. The van der Waals surface area contributed by atoms with Crippen LogP contribution >= 0.6 is 0 Å². The van der Waals surface area contributed by atoms with Gasteiger partial charge in [0.15, 0.2) is 5.78 Å². The Morgan fingerprint density at radius 2 is 1.81 bits per heavy atom. The number of carbonyl (C=O) groups excluding carboxylic acids is 2. The van der Waals surface area contributed by atoms with Gasteiger partial charge in [0.2, 0.25) is 5.91 Å². The molecule has 1 aromatic rings. The second-order valence-electron chi connectivity index (χ2n) is 4.63. The van der Waals surface area contributed by atoms with Gasteiger partial charge >= 0.3 is 5.97 Å². The van der Waals surface area contributed by atoms with Crippen LogP contribution < -0.4 is 10.1 Å². The summed E-state index contributed by atoms with van der Waals surface area (Å²) in [4.78, 5) is 33.9. The van der Waals surface area contributed by atoms with Crippen molar-refractivity contribution >= 4 is 17.7 Å². The number of nitrogens with one attached hydrogen (secondary N) is 1. The number of carbonyl (C=O) groups is 3. The molecule has 0 heterocycles. The number of benzene rings is 1. The minimum atomic E-state index is -1.09. The fraction of sp³-hybridized carbons (Fsp3) is 0.400. The molecule has 0 fully saturated rings. The highest BCUT2D eigenvalue weighted by atomic mass is 16.5. The molecule has 0 spiro atoms. The Hall–Kier alpha value is -2.37. The van der Waals surface area contributed by atoms with Crippen molar-refractivity contribution in [3.05, 3.63) is 29.8 Å². The number of carboxylic acids is 1. The van der Waals surface area contributed by atoms with Crippen LogP contribution in [0.1, 0.15) is 36.5 Å². The maximum absolute atomic E-state index is 11.9. The van der Waals surface area contributed by atoms with Gasteiger partial charge in [-0.15, -0.1) is 0 Å². The Morgan fingerprint density at radius 3 is 2.33 bits per heavy atom. The molecule has 0 aliphatic carbocycles. The molecule has 0 radical (unpaired) electrons. The Bertz CT molecular complexity index is 509. The van der Waals surface area contributed by atoms with Crippen LogP contribution in [0.3, 0.4) is 0 Å². The summed E-state index contributed by atoms with van der Waals surface area (Å²) < 4.78 is 5.01. The van der Waals surface area contributed by atoms with E-state index in [4.69, 9.17) is 9.84 Å². The van der Waals surface area contributed by atoms with Crippen LogP contribution in [0.25, 0.3) is 0 Å². The summed E-state index contributed by atoms with van der Waals surface area (Å²) in [5.41, 5.74) is 0.565. The molecule has 1 amide bonds. The van der Waals surface area contributed by atoms with Gasteiger partial charge in [-0.3, -0.25) is 14.4 Å². The average molecular weight is 293 g/mol. The average Bonchev–Trinajstić information content (AvgIpc) is 2.47. The lowest BCUT2D eigenvalue weighted by atomic mass is 10.1. The zero-order chi connectivity index (χ0) is 15.8. The SMILES string of the molecule is COc1ccc(C(=O)CCCC(=O)N[C@@H](C)C(=O)O)cc1. The Kier molecular flexibility index (Phi) is 6.39. The zero-order valence-electron chi connectivity index (χ0n) is 12.1. The second kappa shape index (κ2) is 8.04. The first-order valence-corrected chi connectivity index (χ1v) is 6.63. The van der Waals surface area contributed by atoms with Crippen LogP contribution in [0.15, 0.2) is 24.3 Å². The Balaban J connectivity index is 2.36. The Labute approximate surface area is 123 Å². The summed E-state index contributed by atoms with van der Waals surface area (Å²) in [6.45, 7) is 1.39. The number of hydrogen-bond donors (Lipinski definition) is 2. The molecule has 6 heteroatoms. The van der Waals surface area contributed by atoms with Crippen molar-refractivity contribution in [3.63, 3.8) is 0 Å². The highest BCUT2D eigenvalue weighted by Gasteiger charge is 2.14. The maximum atomic E-state index is 11.9. The van der Waals surface area contributed by atoms with Gasteiger partial charge in [-0.1, -0.05) is 0 Å². The first kappa shape index (κ1) is 16.7. The smallest absolute Gasteiger partial charge is 0.325 e. The fourth-order valence-electron chi connectivity index (χ4n) is 1.71. The number of Topliss-reactive ketones (excluding diaryl/α,β-unsaturated/α-hetero) is 1. The van der Waals surface area contributed by atoms with Crippen molar-refractivity contribution in [2.45, 2.75) is 32.2 Å². The van der Waals surface area contributed by atoms with E-state index < -0.39 is 12.0 Å². The molecule has 0 saturated heterocycles. The van der Waals surface area contributed by atoms with E-state index in [0.29, 0.717) is 17.7 Å². The third-order valence-corrected chi connectivity index (χ3v) is 2.97. The van der Waals surface area contributed by atoms with Gasteiger partial charge < -0.3 is 15.2 Å². The van der Waals surface area contributed by atoms with Gasteiger partial charge in [-0.2, -0.15) is 0 Å². The normalized spacial score (nSPS) is 11.5. The standard InChI is InChI=1S/C15H19NO5/c1-10(15(19)20)16-14(18)5-3-4-13(17)11-6-8-12(21-2)9-7-11/h6-10H,3-5H2,1-2H3,(H,16,18)(H,19,20)/t10-/m0/s1. The number of methoxy groups -OCH3 is 1. The third kappa shape index (κ3) is 5.64. The minimum Gasteiger partial charge on any atom is -0.497 e. The number of amides is 1. The molecule has 0 unspecified atom stereocenters. The van der Waals surface area contributed by atoms with Crippen LogP contribution in [0, 0.1) is 0 Å². The van der Waals surface area contributed by atoms with Crippen LogP contribution in [0.5, 0.6) is 5.75 Å². The van der Waals surface area contributed by atoms with Crippen molar-refractivity contribution < 1.29 is 24.2 Å². The molecular formula is C15H19NO5. The molecule has 0 aliphatic heterocycles. The van der Waals surface area contributed by atoms with Gasteiger partial charge in [0.05, 0.1) is 7.11 Å². The van der Waals surface area contributed by atoms with E-state index in [9.17, 15) is 14.4 Å². The number of hydrogen-bond acceptors (Lipinski definition) is 4. The molecule has 1 rings (SSSR count). The van der Waals surface area contributed by atoms with Gasteiger partial charge in [-0.05, 0) is 37.6 Å². The van der Waals surface area contributed by atoms with Crippen molar-refractivity contribution in [2.75, 3.05) is 7.11 Å². The van der Waals surface area contributed by atoms with Crippen molar-refractivity contribution in [3.8, 4) is 5.75 Å². The summed E-state index contributed by atoms with van der Waals surface area (Å²) in [6.07, 6.45) is 0.740. The zero-order valence-corrected chi connectivity index (χ0v) is 12.1. The highest BCUT2D eigenvalue weighted by Crippen LogP contribution is 2.13. The predicted octanol–water partition coefficient (Wildman–Crippen LogP) is 1.64. The highest BCUT2D eigenvalue weighted by molar-refractivity contribution is 5.96. The topological polar surface area (TPSA) is 92.7 Å². The molecule has 21 heavy (non-hydrogen) atoms. The maximum Gasteiger partial charge on any atom is 0.325 e. The summed E-state index contributed by atoms with van der Waals surface area (Å²) in [5.74, 6) is -0.838. The van der Waals surface area contributed by atoms with E-state index in [1.807, 2.05) is 0 Å². The number of ketones is 1. The van der Waals surface area contributed by atoms with Crippen molar-refractivity contribution in [1.29, 1.82) is 0 Å². The van der Waals surface area contributed by atoms with Crippen LogP contribution in [0.2, 0.25) is 0 Å². The molecule has 0 aromatic heterocycles. The molecule has 6 nitrogen and oxygen atoms in total. The first-order valence-electron chi connectivity index (χ1n) is 6.63. The lowest BCUT2D eigenvalue weighted by molar-refractivity contribution is -0.141. The van der Waals surface area contributed by atoms with Gasteiger partial charge in [0, 0.05) is 18.4 Å². The summed E-state index contributed by atoms with van der Waals surface area (Å²) in [7, 11) is 1.55. The predicted molar refractivity (Wildman–Crippen MR) is 76.4 cm³/mol. The molecule has 1 atom stereocenters. The summed E-state index contributed by atoms with van der Waals surface area (Å²) in [5, 5.41) is 11.0. The van der Waals surface area contributed by atoms with Crippen LogP contribution in [-0.2, 0) is 9.59 Å². The number of ether oxygens (including phenoxy) is 1. The molecule has 0 aliphatic rings. The van der Waals surface area contributed by atoms with E-state index in [2.05, 4.69) is 5.32 Å². The molecular weight excluding hydrogens is 274 g/mol. The number of rotatable bonds is 8. The lowest BCUT2D eigenvalue weighted by Gasteiger charge is -2.08. The number of carboxylic acid groups (broad SMARTS) is 1. The molecule has 2 N–H and O–H groups in total. The van der Waals surface area contributed by atoms with E-state index in [1.54, 1.807) is 31.4 Å². The first-order chi connectivity index (χ1) is 9.93. The van der Waals surface area contributed by atoms with Crippen LogP contribution in [0.4, 0.5) is 0 Å². The lowest BCUT2D eigenvalue weighted by Crippen LogP contribution is -2.38. The second-order valence-corrected chi connectivity index (χ2v) is 4.63. The molecule has 0 saturated carbocycles. The van der Waals surface area contributed by atoms with Gasteiger partial charge in [0.25, 0.3) is 0 Å². The Morgan fingerprint density at radius 1 is 1.19 bits per heavy atom. The quantitative estimate of drug-likeness (QED) is 0.711. The fourth-order valence-corrected chi connectivity index (χ4v) is 1.71. The van der Waals surface area contributed by atoms with Gasteiger partial charge in [0.1, 0.15) is 11.8 Å². The van der Waals surface area contributed by atoms with E-state index >= 15 is 0 Å². The van der Waals surface area contributed by atoms with E-state index in [0.717, 1.165) is 0 Å². The number of aliphatic carboxylic acids is 1. The summed E-state index contributed by atoms with van der Waals surface area (Å²) in [6, 6.07) is 5.83. The third-order valence-electron chi connectivity index (χ3n) is 2.97. The monoisotopic (exact) mass is 293 g/mol. The van der Waals surface area contributed by atoms with Crippen LogP contribution in [-0.4, -0.2) is 35.9 Å². The largest absolute Gasteiger partial charge is 0.497 e. The van der Waals surface area contributed by atoms with E-state index in [1.165, 1.54) is 6.92 Å². The minimum absolute atomic E-state index is 0.0586. The molecule has 0 bridgehead atoms.